The highest BCUT2D eigenvalue weighted by Gasteiger charge is 2.40. The lowest BCUT2D eigenvalue weighted by molar-refractivity contribution is 0.0789. The highest BCUT2D eigenvalue weighted by Crippen LogP contribution is 2.31. The maximum Gasteiger partial charge on any atom is 0.268 e. The quantitative estimate of drug-likeness (QED) is 0.742. The van der Waals surface area contributed by atoms with Crippen LogP contribution in [-0.4, -0.2) is 49.1 Å². The van der Waals surface area contributed by atoms with Crippen molar-refractivity contribution in [2.24, 2.45) is 0 Å². The van der Waals surface area contributed by atoms with Crippen LogP contribution < -0.4 is 0 Å². The zero-order valence-electron chi connectivity index (χ0n) is 12.9. The van der Waals surface area contributed by atoms with E-state index in [4.69, 9.17) is 0 Å². The first-order valence-corrected chi connectivity index (χ1v) is 8.54. The van der Waals surface area contributed by atoms with E-state index in [1.54, 1.807) is 19.1 Å². The predicted molar refractivity (Wildman–Crippen MR) is 86.6 cm³/mol. The Balaban J connectivity index is 2.47. The zero-order chi connectivity index (χ0) is 17.2. The van der Waals surface area contributed by atoms with E-state index in [1.165, 1.54) is 23.1 Å². The molecule has 0 atom stereocenters. The number of nitrogens with zero attached hydrogens (tertiary/aromatic N) is 2. The fourth-order valence-electron chi connectivity index (χ4n) is 2.46. The molecule has 1 aromatic carbocycles. The number of rotatable bonds is 6. The van der Waals surface area contributed by atoms with Gasteiger partial charge in [-0.3, -0.25) is 9.59 Å². The van der Waals surface area contributed by atoms with Gasteiger partial charge in [0.25, 0.3) is 21.8 Å². The van der Waals surface area contributed by atoms with E-state index in [0.717, 1.165) is 4.31 Å². The molecule has 0 aromatic heterocycles. The van der Waals surface area contributed by atoms with Gasteiger partial charge in [0.2, 0.25) is 0 Å². The fraction of sp³-hybridized carbons (Fsp3) is 0.250. The molecule has 2 rings (SSSR count). The predicted octanol–water partition coefficient (Wildman–Crippen LogP) is 1.67. The van der Waals surface area contributed by atoms with E-state index in [9.17, 15) is 18.0 Å². The molecule has 0 spiro atoms. The number of sulfonamides is 1. The van der Waals surface area contributed by atoms with Crippen LogP contribution in [0.15, 0.2) is 48.4 Å². The molecule has 1 aliphatic heterocycles. The van der Waals surface area contributed by atoms with Gasteiger partial charge in [-0.05, 0) is 25.1 Å². The van der Waals surface area contributed by atoms with Crippen LogP contribution >= 0.6 is 0 Å². The number of benzene rings is 1. The van der Waals surface area contributed by atoms with Crippen LogP contribution in [0.5, 0.6) is 0 Å². The highest BCUT2D eigenvalue weighted by molar-refractivity contribution is 7.90. The summed E-state index contributed by atoms with van der Waals surface area (Å²) in [5.74, 6) is -0.902. The Labute approximate surface area is 135 Å². The molecule has 6 nitrogen and oxygen atoms in total. The second-order valence-corrected chi connectivity index (χ2v) is 6.80. The van der Waals surface area contributed by atoms with E-state index < -0.39 is 15.9 Å². The molecule has 7 heteroatoms. The van der Waals surface area contributed by atoms with Gasteiger partial charge >= 0.3 is 0 Å². The van der Waals surface area contributed by atoms with Gasteiger partial charge in [0.15, 0.2) is 0 Å². The summed E-state index contributed by atoms with van der Waals surface area (Å²) in [7, 11) is -3.88. The fourth-order valence-corrected chi connectivity index (χ4v) is 4.06. The molecule has 0 bridgehead atoms. The minimum Gasteiger partial charge on any atom is -0.331 e. The van der Waals surface area contributed by atoms with Gasteiger partial charge in [-0.15, -0.1) is 13.2 Å². The van der Waals surface area contributed by atoms with Crippen molar-refractivity contribution in [2.45, 2.75) is 11.8 Å². The third-order valence-electron chi connectivity index (χ3n) is 3.53. The highest BCUT2D eigenvalue weighted by atomic mass is 32.2. The van der Waals surface area contributed by atoms with Crippen molar-refractivity contribution in [3.05, 3.63) is 54.6 Å². The Morgan fingerprint density at radius 2 is 1.87 bits per heavy atom. The molecular weight excluding hydrogens is 316 g/mol. The van der Waals surface area contributed by atoms with Gasteiger partial charge in [-0.2, -0.15) is 0 Å². The molecule has 2 amide bonds. The summed E-state index contributed by atoms with van der Waals surface area (Å²) in [5, 5.41) is 0. The van der Waals surface area contributed by atoms with E-state index in [1.807, 2.05) is 0 Å². The Hall–Kier alpha value is -2.41. The molecule has 0 saturated carbocycles. The van der Waals surface area contributed by atoms with Gasteiger partial charge < -0.3 is 4.90 Å². The second kappa shape index (κ2) is 6.37. The normalized spacial score (nSPS) is 15.2. The first kappa shape index (κ1) is 17.0. The smallest absolute Gasteiger partial charge is 0.268 e. The Morgan fingerprint density at radius 1 is 1.26 bits per heavy atom. The Bertz CT molecular complexity index is 773. The maximum atomic E-state index is 12.5. The minimum atomic E-state index is -3.88. The van der Waals surface area contributed by atoms with Gasteiger partial charge in [-0.25, -0.2) is 12.7 Å². The van der Waals surface area contributed by atoms with E-state index >= 15 is 0 Å². The molecule has 1 aliphatic rings. The largest absolute Gasteiger partial charge is 0.331 e. The lowest BCUT2D eigenvalue weighted by atomic mass is 10.1. The number of fused-ring (bicyclic) bond motifs is 1. The van der Waals surface area contributed by atoms with Crippen LogP contribution in [0.1, 0.15) is 27.6 Å². The molecule has 1 heterocycles. The van der Waals surface area contributed by atoms with Crippen molar-refractivity contribution in [2.75, 3.05) is 19.6 Å². The van der Waals surface area contributed by atoms with Crippen LogP contribution in [0.3, 0.4) is 0 Å². The van der Waals surface area contributed by atoms with Crippen LogP contribution in [0.4, 0.5) is 0 Å². The molecule has 0 saturated heterocycles. The summed E-state index contributed by atoms with van der Waals surface area (Å²) in [6.07, 6.45) is 3.15. The maximum absolute atomic E-state index is 12.5. The van der Waals surface area contributed by atoms with Crippen molar-refractivity contribution < 1.29 is 18.0 Å². The number of amides is 2. The van der Waals surface area contributed by atoms with E-state index in [-0.39, 0.29) is 28.5 Å². The second-order valence-electron chi connectivity index (χ2n) is 4.97. The van der Waals surface area contributed by atoms with Gasteiger partial charge in [0.05, 0.1) is 5.56 Å². The summed E-state index contributed by atoms with van der Waals surface area (Å²) < 4.78 is 25.5. The first-order valence-electron chi connectivity index (χ1n) is 7.10. The number of carbonyl (C=O) groups is 2. The molecule has 1 aromatic rings. The Morgan fingerprint density at radius 3 is 2.39 bits per heavy atom. The lowest BCUT2D eigenvalue weighted by Crippen LogP contribution is -2.31. The summed E-state index contributed by atoms with van der Waals surface area (Å²) >= 11 is 0. The van der Waals surface area contributed by atoms with E-state index in [0.29, 0.717) is 13.1 Å². The Kier molecular flexibility index (Phi) is 4.70. The monoisotopic (exact) mass is 334 g/mol. The number of hydrogen-bond acceptors (Lipinski definition) is 4. The topological polar surface area (TPSA) is 74.8 Å². The summed E-state index contributed by atoms with van der Waals surface area (Å²) in [4.78, 5) is 26.0. The summed E-state index contributed by atoms with van der Waals surface area (Å²) in [6.45, 7) is 9.46. The third-order valence-corrected chi connectivity index (χ3v) is 5.42. The van der Waals surface area contributed by atoms with Gasteiger partial charge in [0.1, 0.15) is 4.90 Å². The van der Waals surface area contributed by atoms with Crippen LogP contribution in [0.25, 0.3) is 0 Å². The summed E-state index contributed by atoms with van der Waals surface area (Å²) in [5.41, 5.74) is 0.309. The average Bonchev–Trinajstić information content (AvgIpc) is 2.72. The molecular formula is C16H18N2O4S. The number of hydrogen-bond donors (Lipinski definition) is 0. The van der Waals surface area contributed by atoms with Crippen molar-refractivity contribution in [1.82, 2.24) is 9.21 Å². The summed E-state index contributed by atoms with van der Waals surface area (Å²) in [6, 6.07) is 4.12. The van der Waals surface area contributed by atoms with Gasteiger partial charge in [0, 0.05) is 25.2 Å². The molecule has 122 valence electrons. The third kappa shape index (κ3) is 2.79. The lowest BCUT2D eigenvalue weighted by Gasteiger charge is -2.19. The molecule has 0 radical (unpaired) electrons. The number of carbonyl (C=O) groups excluding carboxylic acids is 2. The van der Waals surface area contributed by atoms with Gasteiger partial charge in [-0.1, -0.05) is 12.2 Å². The standard InChI is InChI=1S/C16H18N2O4S/c1-4-9-17(10-5-2)15(19)12-7-8-13-14(11-12)23(21,22)18(6-3)16(13)20/h4-5,7-8,11H,1-2,6,9-10H2,3H3. The molecule has 0 aliphatic carbocycles. The van der Waals surface area contributed by atoms with Crippen molar-refractivity contribution in [3.63, 3.8) is 0 Å². The molecule has 0 fully saturated rings. The van der Waals surface area contributed by atoms with Crippen LogP contribution in [0, 0.1) is 0 Å². The molecule has 0 unspecified atom stereocenters. The SMILES string of the molecule is C=CCN(CC=C)C(=O)c1ccc2c(c1)S(=O)(=O)N(CC)C2=O. The van der Waals surface area contributed by atoms with Crippen LogP contribution in [0.2, 0.25) is 0 Å². The average molecular weight is 334 g/mol. The van der Waals surface area contributed by atoms with Crippen molar-refractivity contribution in [1.29, 1.82) is 0 Å². The first-order chi connectivity index (χ1) is 10.9. The van der Waals surface area contributed by atoms with E-state index in [2.05, 4.69) is 13.2 Å². The minimum absolute atomic E-state index is 0.0537. The van der Waals surface area contributed by atoms with Crippen molar-refractivity contribution in [3.8, 4) is 0 Å². The zero-order valence-corrected chi connectivity index (χ0v) is 13.7. The van der Waals surface area contributed by atoms with Crippen molar-refractivity contribution >= 4 is 21.8 Å². The van der Waals surface area contributed by atoms with Crippen LogP contribution in [-0.2, 0) is 10.0 Å². The molecule has 23 heavy (non-hydrogen) atoms. The molecule has 0 N–H and O–H groups in total.